The van der Waals surface area contributed by atoms with Gasteiger partial charge in [-0.25, -0.2) is 4.39 Å². The predicted molar refractivity (Wildman–Crippen MR) is 71.0 cm³/mol. The Hall–Kier alpha value is -1.75. The average Bonchev–Trinajstić information content (AvgIpc) is 2.35. The van der Waals surface area contributed by atoms with Crippen molar-refractivity contribution in [1.29, 1.82) is 0 Å². The van der Waals surface area contributed by atoms with Gasteiger partial charge in [-0.1, -0.05) is 6.07 Å². The van der Waals surface area contributed by atoms with Crippen molar-refractivity contribution in [3.05, 3.63) is 58.1 Å². The number of anilines is 1. The average molecular weight is 309 g/mol. The van der Waals surface area contributed by atoms with Crippen LogP contribution in [-0.4, -0.2) is 10.9 Å². The molecule has 0 aliphatic heterocycles. The molecule has 0 aliphatic rings. The van der Waals surface area contributed by atoms with E-state index in [-0.39, 0.29) is 10.0 Å². The van der Waals surface area contributed by atoms with E-state index in [1.807, 2.05) is 6.92 Å². The molecule has 5 heteroatoms. The number of aryl methyl sites for hydroxylation is 1. The Bertz CT molecular complexity index is 601. The Balaban J connectivity index is 2.28. The van der Waals surface area contributed by atoms with E-state index in [1.165, 1.54) is 6.07 Å². The van der Waals surface area contributed by atoms with Gasteiger partial charge >= 0.3 is 0 Å². The maximum Gasteiger partial charge on any atom is 0.258 e. The first-order chi connectivity index (χ1) is 8.59. The minimum Gasteiger partial charge on any atom is -0.322 e. The van der Waals surface area contributed by atoms with Crippen LogP contribution in [0, 0.1) is 12.7 Å². The highest BCUT2D eigenvalue weighted by molar-refractivity contribution is 9.10. The van der Waals surface area contributed by atoms with Crippen LogP contribution < -0.4 is 5.32 Å². The molecule has 2 rings (SSSR count). The molecule has 18 heavy (non-hydrogen) atoms. The zero-order valence-electron chi connectivity index (χ0n) is 9.58. The zero-order valence-corrected chi connectivity index (χ0v) is 11.2. The van der Waals surface area contributed by atoms with E-state index in [1.54, 1.807) is 30.6 Å². The maximum absolute atomic E-state index is 13.7. The van der Waals surface area contributed by atoms with Crippen LogP contribution in [0.1, 0.15) is 15.9 Å². The number of carbonyl (C=O) groups is 1. The van der Waals surface area contributed by atoms with Crippen LogP contribution in [0.25, 0.3) is 0 Å². The molecule has 0 spiro atoms. The standard InChI is InChI=1S/C13H10BrFN2O/c1-8-7-16-6-5-11(8)17-13(18)9-3-2-4-10(14)12(9)15/h2-7H,1H3,(H,16,17,18). The molecule has 1 heterocycles. The number of nitrogens with zero attached hydrogens (tertiary/aromatic N) is 1. The maximum atomic E-state index is 13.7. The Morgan fingerprint density at radius 1 is 1.39 bits per heavy atom. The number of hydrogen-bond acceptors (Lipinski definition) is 2. The number of halogens is 2. The first-order valence-electron chi connectivity index (χ1n) is 5.25. The van der Waals surface area contributed by atoms with Crippen LogP contribution in [0.3, 0.4) is 0 Å². The highest BCUT2D eigenvalue weighted by Gasteiger charge is 2.14. The molecule has 1 aromatic heterocycles. The number of benzene rings is 1. The molecule has 0 radical (unpaired) electrons. The van der Waals surface area contributed by atoms with Gasteiger partial charge in [-0.05, 0) is 46.6 Å². The molecular weight excluding hydrogens is 299 g/mol. The topological polar surface area (TPSA) is 42.0 Å². The molecule has 0 fully saturated rings. The fourth-order valence-electron chi connectivity index (χ4n) is 1.48. The van der Waals surface area contributed by atoms with E-state index < -0.39 is 11.7 Å². The lowest BCUT2D eigenvalue weighted by molar-refractivity contribution is 0.102. The molecule has 0 bridgehead atoms. The molecule has 1 N–H and O–H groups in total. The van der Waals surface area contributed by atoms with Crippen LogP contribution in [-0.2, 0) is 0 Å². The van der Waals surface area contributed by atoms with Gasteiger partial charge in [-0.2, -0.15) is 0 Å². The van der Waals surface area contributed by atoms with E-state index in [4.69, 9.17) is 0 Å². The first-order valence-corrected chi connectivity index (χ1v) is 6.05. The van der Waals surface area contributed by atoms with E-state index in [0.717, 1.165) is 5.56 Å². The molecule has 0 saturated heterocycles. The minimum absolute atomic E-state index is 0.000544. The molecule has 1 aromatic carbocycles. The second-order valence-electron chi connectivity index (χ2n) is 3.75. The predicted octanol–water partition coefficient (Wildman–Crippen LogP) is 3.54. The van der Waals surface area contributed by atoms with Crippen molar-refractivity contribution in [3.8, 4) is 0 Å². The highest BCUT2D eigenvalue weighted by Crippen LogP contribution is 2.20. The Morgan fingerprint density at radius 3 is 2.89 bits per heavy atom. The minimum atomic E-state index is -0.568. The quantitative estimate of drug-likeness (QED) is 0.922. The third kappa shape index (κ3) is 2.56. The normalized spacial score (nSPS) is 10.2. The number of nitrogens with one attached hydrogen (secondary N) is 1. The van der Waals surface area contributed by atoms with Crippen molar-refractivity contribution in [2.45, 2.75) is 6.92 Å². The molecule has 0 unspecified atom stereocenters. The lowest BCUT2D eigenvalue weighted by Gasteiger charge is -2.08. The van der Waals surface area contributed by atoms with Gasteiger partial charge in [-0.15, -0.1) is 0 Å². The summed E-state index contributed by atoms with van der Waals surface area (Å²) in [6.45, 7) is 1.82. The van der Waals surface area contributed by atoms with Gasteiger partial charge in [0.1, 0.15) is 5.82 Å². The van der Waals surface area contributed by atoms with Gasteiger partial charge in [0.15, 0.2) is 0 Å². The van der Waals surface area contributed by atoms with Crippen LogP contribution in [0.4, 0.5) is 10.1 Å². The van der Waals surface area contributed by atoms with Gasteiger partial charge in [0.2, 0.25) is 0 Å². The Labute approximate surface area is 112 Å². The van der Waals surface area contributed by atoms with Crippen LogP contribution in [0.2, 0.25) is 0 Å². The smallest absolute Gasteiger partial charge is 0.258 e. The van der Waals surface area contributed by atoms with E-state index in [0.29, 0.717) is 5.69 Å². The molecule has 0 saturated carbocycles. The number of rotatable bonds is 2. The molecule has 3 nitrogen and oxygen atoms in total. The highest BCUT2D eigenvalue weighted by atomic mass is 79.9. The lowest BCUT2D eigenvalue weighted by Crippen LogP contribution is -2.14. The van der Waals surface area contributed by atoms with Gasteiger partial charge in [-0.3, -0.25) is 9.78 Å². The van der Waals surface area contributed by atoms with E-state index in [2.05, 4.69) is 26.2 Å². The summed E-state index contributed by atoms with van der Waals surface area (Å²) < 4.78 is 14.0. The van der Waals surface area contributed by atoms with Crippen molar-refractivity contribution in [2.75, 3.05) is 5.32 Å². The summed E-state index contributed by atoms with van der Waals surface area (Å²) in [5, 5.41) is 2.65. The molecular formula is C13H10BrFN2O. The first kappa shape index (κ1) is 12.7. The van der Waals surface area contributed by atoms with Gasteiger partial charge in [0, 0.05) is 18.1 Å². The fourth-order valence-corrected chi connectivity index (χ4v) is 1.85. The van der Waals surface area contributed by atoms with Crippen LogP contribution in [0.15, 0.2) is 41.1 Å². The van der Waals surface area contributed by atoms with Crippen molar-refractivity contribution in [1.82, 2.24) is 4.98 Å². The molecule has 2 aromatic rings. The van der Waals surface area contributed by atoms with Gasteiger partial charge < -0.3 is 5.32 Å². The van der Waals surface area contributed by atoms with Crippen molar-refractivity contribution in [2.24, 2.45) is 0 Å². The summed E-state index contributed by atoms with van der Waals surface area (Å²) in [5.74, 6) is -1.05. The van der Waals surface area contributed by atoms with Crippen molar-refractivity contribution >= 4 is 27.5 Å². The molecule has 1 amide bonds. The molecule has 0 aliphatic carbocycles. The van der Waals surface area contributed by atoms with Crippen LogP contribution >= 0.6 is 15.9 Å². The number of aromatic nitrogens is 1. The monoisotopic (exact) mass is 308 g/mol. The third-order valence-electron chi connectivity index (χ3n) is 2.46. The summed E-state index contributed by atoms with van der Waals surface area (Å²) in [4.78, 5) is 15.9. The van der Waals surface area contributed by atoms with Gasteiger partial charge in [0.25, 0.3) is 5.91 Å². The Morgan fingerprint density at radius 2 is 2.17 bits per heavy atom. The SMILES string of the molecule is Cc1cnccc1NC(=O)c1cccc(Br)c1F. The molecule has 92 valence electrons. The van der Waals surface area contributed by atoms with Crippen molar-refractivity contribution in [3.63, 3.8) is 0 Å². The summed E-state index contributed by atoms with van der Waals surface area (Å²) >= 11 is 3.05. The number of pyridine rings is 1. The fraction of sp³-hybridized carbons (Fsp3) is 0.0769. The third-order valence-corrected chi connectivity index (χ3v) is 3.08. The van der Waals surface area contributed by atoms with E-state index in [9.17, 15) is 9.18 Å². The number of hydrogen-bond donors (Lipinski definition) is 1. The summed E-state index contributed by atoms with van der Waals surface area (Å²) in [7, 11) is 0. The summed E-state index contributed by atoms with van der Waals surface area (Å²) in [6, 6.07) is 6.26. The number of amides is 1. The van der Waals surface area contributed by atoms with Crippen molar-refractivity contribution < 1.29 is 9.18 Å². The Kier molecular flexibility index (Phi) is 3.72. The van der Waals surface area contributed by atoms with Gasteiger partial charge in [0.05, 0.1) is 10.0 Å². The second kappa shape index (κ2) is 5.27. The zero-order chi connectivity index (χ0) is 13.1. The summed E-state index contributed by atoms with van der Waals surface area (Å²) in [6.07, 6.45) is 3.20. The van der Waals surface area contributed by atoms with E-state index >= 15 is 0 Å². The second-order valence-corrected chi connectivity index (χ2v) is 4.60. The molecule has 0 atom stereocenters. The lowest BCUT2D eigenvalue weighted by atomic mass is 10.2. The summed E-state index contributed by atoms with van der Waals surface area (Å²) in [5.41, 5.74) is 1.44. The largest absolute Gasteiger partial charge is 0.322 e. The number of carbonyl (C=O) groups excluding carboxylic acids is 1. The van der Waals surface area contributed by atoms with Crippen LogP contribution in [0.5, 0.6) is 0 Å².